The minimum atomic E-state index is -0.148. The molecule has 3 N–H and O–H groups in total. The molecular formula is C25H22IN5O2. The van der Waals surface area contributed by atoms with Crippen LogP contribution in [0.15, 0.2) is 78.9 Å². The van der Waals surface area contributed by atoms with E-state index >= 15 is 0 Å². The number of hydrogen-bond donors (Lipinski definition) is 3. The summed E-state index contributed by atoms with van der Waals surface area (Å²) in [4.78, 5) is 21.5. The van der Waals surface area contributed by atoms with E-state index in [9.17, 15) is 4.79 Å². The van der Waals surface area contributed by atoms with E-state index in [0.717, 1.165) is 26.4 Å². The van der Waals surface area contributed by atoms with Crippen LogP contribution in [0.4, 0.5) is 28.8 Å². The monoisotopic (exact) mass is 551 g/mol. The number of nitrogens with one attached hydrogen (secondary N) is 3. The highest BCUT2D eigenvalue weighted by Gasteiger charge is 2.08. The molecule has 0 aliphatic heterocycles. The minimum Gasteiger partial charge on any atom is -0.497 e. The van der Waals surface area contributed by atoms with Crippen LogP contribution < -0.4 is 20.7 Å². The summed E-state index contributed by atoms with van der Waals surface area (Å²) >= 11 is 2.19. The molecule has 33 heavy (non-hydrogen) atoms. The maximum Gasteiger partial charge on any atom is 0.255 e. The molecule has 0 unspecified atom stereocenters. The fraction of sp³-hybridized carbons (Fsp3) is 0.0800. The van der Waals surface area contributed by atoms with Gasteiger partial charge in [0, 0.05) is 38.0 Å². The molecule has 0 saturated carbocycles. The first-order chi connectivity index (χ1) is 16.0. The van der Waals surface area contributed by atoms with Gasteiger partial charge in [0.05, 0.1) is 7.11 Å². The molecule has 7 nitrogen and oxygen atoms in total. The second-order valence-electron chi connectivity index (χ2n) is 7.24. The van der Waals surface area contributed by atoms with Crippen molar-refractivity contribution in [3.8, 4) is 5.75 Å². The molecule has 1 aromatic heterocycles. The summed E-state index contributed by atoms with van der Waals surface area (Å²) in [6, 6.07) is 24.3. The van der Waals surface area contributed by atoms with E-state index in [1.54, 1.807) is 13.2 Å². The van der Waals surface area contributed by atoms with E-state index < -0.39 is 0 Å². The van der Waals surface area contributed by atoms with Crippen LogP contribution in [0.2, 0.25) is 0 Å². The molecule has 0 bridgehead atoms. The smallest absolute Gasteiger partial charge is 0.255 e. The summed E-state index contributed by atoms with van der Waals surface area (Å²) in [7, 11) is 1.64. The number of hydrogen-bond acceptors (Lipinski definition) is 6. The van der Waals surface area contributed by atoms with Crippen LogP contribution in [0, 0.1) is 10.5 Å². The molecule has 1 amide bonds. The summed E-state index contributed by atoms with van der Waals surface area (Å²) in [5.74, 6) is 1.80. The van der Waals surface area contributed by atoms with Gasteiger partial charge in [-0.3, -0.25) is 4.79 Å². The van der Waals surface area contributed by atoms with Crippen LogP contribution in [0.1, 0.15) is 16.1 Å². The molecule has 0 radical (unpaired) electrons. The van der Waals surface area contributed by atoms with Gasteiger partial charge < -0.3 is 20.7 Å². The first-order valence-electron chi connectivity index (χ1n) is 10.2. The van der Waals surface area contributed by atoms with Gasteiger partial charge in [-0.25, -0.2) is 4.98 Å². The summed E-state index contributed by atoms with van der Waals surface area (Å²) in [6.45, 7) is 1.91. The summed E-state index contributed by atoms with van der Waals surface area (Å²) in [5.41, 5.74) is 3.85. The highest BCUT2D eigenvalue weighted by atomic mass is 127. The number of carbonyl (C=O) groups is 1. The standard InChI is InChI=1S/C25H22IN5O2/c1-16-14-23(28-19-10-12-22(33-2)13-11-19)31-25(27-16)30-21-8-6-20(7-9-21)29-24(32)17-4-3-5-18(26)15-17/h3-15H,1-2H3,(H,29,32)(H2,27,28,30,31). The third kappa shape index (κ3) is 6.19. The van der Waals surface area contributed by atoms with Crippen LogP contribution >= 0.6 is 22.6 Å². The van der Waals surface area contributed by atoms with Crippen LogP contribution in [-0.4, -0.2) is 23.0 Å². The highest BCUT2D eigenvalue weighted by Crippen LogP contribution is 2.22. The van der Waals surface area contributed by atoms with E-state index in [0.29, 0.717) is 23.0 Å². The molecule has 0 spiro atoms. The van der Waals surface area contributed by atoms with Crippen molar-refractivity contribution in [3.63, 3.8) is 0 Å². The molecule has 166 valence electrons. The average Bonchev–Trinajstić information content (AvgIpc) is 2.80. The van der Waals surface area contributed by atoms with Crippen molar-refractivity contribution in [3.05, 3.63) is 93.7 Å². The van der Waals surface area contributed by atoms with Crippen LogP contribution in [0.3, 0.4) is 0 Å². The Balaban J connectivity index is 1.42. The second-order valence-corrected chi connectivity index (χ2v) is 8.48. The Morgan fingerprint density at radius 1 is 0.848 bits per heavy atom. The number of nitrogens with zero attached hydrogens (tertiary/aromatic N) is 2. The largest absolute Gasteiger partial charge is 0.497 e. The lowest BCUT2D eigenvalue weighted by Crippen LogP contribution is -2.11. The molecule has 8 heteroatoms. The molecule has 4 rings (SSSR count). The van der Waals surface area contributed by atoms with Gasteiger partial charge in [-0.1, -0.05) is 6.07 Å². The Labute approximate surface area is 205 Å². The number of carbonyl (C=O) groups excluding carboxylic acids is 1. The minimum absolute atomic E-state index is 0.148. The van der Waals surface area contributed by atoms with Gasteiger partial charge in [-0.05, 0) is 96.2 Å². The van der Waals surface area contributed by atoms with Crippen molar-refractivity contribution < 1.29 is 9.53 Å². The summed E-state index contributed by atoms with van der Waals surface area (Å²) in [6.07, 6.45) is 0. The maximum atomic E-state index is 12.4. The molecule has 1 heterocycles. The number of halogens is 1. The van der Waals surface area contributed by atoms with E-state index in [2.05, 4.69) is 48.5 Å². The van der Waals surface area contributed by atoms with Crippen molar-refractivity contribution in [2.24, 2.45) is 0 Å². The van der Waals surface area contributed by atoms with Gasteiger partial charge >= 0.3 is 0 Å². The topological polar surface area (TPSA) is 88.2 Å². The number of rotatable bonds is 7. The van der Waals surface area contributed by atoms with Crippen LogP contribution in [0.5, 0.6) is 5.75 Å². The third-order valence-electron chi connectivity index (χ3n) is 4.70. The number of methoxy groups -OCH3 is 1. The van der Waals surface area contributed by atoms with E-state index in [-0.39, 0.29) is 5.91 Å². The van der Waals surface area contributed by atoms with E-state index in [4.69, 9.17) is 4.74 Å². The Bertz CT molecular complexity index is 1260. The predicted octanol–water partition coefficient (Wildman–Crippen LogP) is 6.14. The van der Waals surface area contributed by atoms with Gasteiger partial charge in [-0.15, -0.1) is 0 Å². The lowest BCUT2D eigenvalue weighted by molar-refractivity contribution is 0.102. The Kier molecular flexibility index (Phi) is 7.04. The Morgan fingerprint density at radius 3 is 2.21 bits per heavy atom. The van der Waals surface area contributed by atoms with Gasteiger partial charge in [0.2, 0.25) is 5.95 Å². The van der Waals surface area contributed by atoms with Crippen molar-refractivity contribution in [2.45, 2.75) is 6.92 Å². The summed E-state index contributed by atoms with van der Waals surface area (Å²) in [5, 5.41) is 9.40. The summed E-state index contributed by atoms with van der Waals surface area (Å²) < 4.78 is 6.21. The van der Waals surface area contributed by atoms with Crippen molar-refractivity contribution in [2.75, 3.05) is 23.1 Å². The normalized spacial score (nSPS) is 10.4. The van der Waals surface area contributed by atoms with Gasteiger partial charge in [-0.2, -0.15) is 4.98 Å². The van der Waals surface area contributed by atoms with Gasteiger partial charge in [0.1, 0.15) is 11.6 Å². The fourth-order valence-electron chi connectivity index (χ4n) is 3.11. The zero-order valence-electron chi connectivity index (χ0n) is 18.1. The SMILES string of the molecule is COc1ccc(Nc2cc(C)nc(Nc3ccc(NC(=O)c4cccc(I)c4)cc3)n2)cc1. The Morgan fingerprint density at radius 2 is 1.52 bits per heavy atom. The highest BCUT2D eigenvalue weighted by molar-refractivity contribution is 14.1. The van der Waals surface area contributed by atoms with Crippen molar-refractivity contribution in [1.82, 2.24) is 9.97 Å². The molecule has 3 aromatic carbocycles. The van der Waals surface area contributed by atoms with Crippen LogP contribution in [0.25, 0.3) is 0 Å². The molecule has 0 atom stereocenters. The molecule has 0 aliphatic rings. The lowest BCUT2D eigenvalue weighted by Gasteiger charge is -2.11. The van der Waals surface area contributed by atoms with Crippen molar-refractivity contribution >= 4 is 57.3 Å². The van der Waals surface area contributed by atoms with Gasteiger partial charge in [0.25, 0.3) is 5.91 Å². The molecule has 4 aromatic rings. The first-order valence-corrected chi connectivity index (χ1v) is 11.3. The number of amides is 1. The quantitative estimate of drug-likeness (QED) is 0.239. The second kappa shape index (κ2) is 10.3. The number of anilines is 5. The number of benzene rings is 3. The molecule has 0 aliphatic carbocycles. The maximum absolute atomic E-state index is 12.4. The molecular weight excluding hydrogens is 529 g/mol. The Hall–Kier alpha value is -3.66. The van der Waals surface area contributed by atoms with Gasteiger partial charge in [0.15, 0.2) is 0 Å². The van der Waals surface area contributed by atoms with E-state index in [1.807, 2.05) is 79.7 Å². The predicted molar refractivity (Wildman–Crippen MR) is 140 cm³/mol. The van der Waals surface area contributed by atoms with Crippen molar-refractivity contribution in [1.29, 1.82) is 0 Å². The average molecular weight is 551 g/mol. The zero-order chi connectivity index (χ0) is 23.2. The van der Waals surface area contributed by atoms with Crippen LogP contribution in [-0.2, 0) is 0 Å². The lowest BCUT2D eigenvalue weighted by atomic mass is 10.2. The fourth-order valence-corrected chi connectivity index (χ4v) is 3.65. The number of ether oxygens (including phenoxy) is 1. The molecule has 0 saturated heterocycles. The number of aryl methyl sites for hydroxylation is 1. The van der Waals surface area contributed by atoms with E-state index in [1.165, 1.54) is 0 Å². The zero-order valence-corrected chi connectivity index (χ0v) is 20.3. The third-order valence-corrected chi connectivity index (χ3v) is 5.37. The number of aromatic nitrogens is 2. The molecule has 0 fully saturated rings. The first kappa shape index (κ1) is 22.5.